The quantitative estimate of drug-likeness (QED) is 0.707. The number of nitrogens with zero attached hydrogens (tertiary/aromatic N) is 3. The zero-order valence-electron chi connectivity index (χ0n) is 18.2. The smallest absolute Gasteiger partial charge is 0.236 e. The van der Waals surface area contributed by atoms with Crippen LogP contribution in [-0.2, 0) is 14.6 Å². The van der Waals surface area contributed by atoms with Gasteiger partial charge in [-0.3, -0.25) is 9.69 Å². The predicted octanol–water partition coefficient (Wildman–Crippen LogP) is 2.74. The second-order valence-electron chi connectivity index (χ2n) is 8.14. The topological polar surface area (TPSA) is 60.9 Å². The van der Waals surface area contributed by atoms with E-state index in [1.54, 1.807) is 12.1 Å². The molecule has 1 aliphatic rings. The third-order valence-electron chi connectivity index (χ3n) is 5.84. The number of amides is 1. The van der Waals surface area contributed by atoms with Crippen molar-refractivity contribution in [1.29, 1.82) is 0 Å². The van der Waals surface area contributed by atoms with Crippen molar-refractivity contribution < 1.29 is 13.2 Å². The molecule has 7 heteroatoms. The minimum atomic E-state index is -3.20. The summed E-state index contributed by atoms with van der Waals surface area (Å²) in [5.74, 6) is 0.126. The molecule has 2 aromatic rings. The van der Waals surface area contributed by atoms with Gasteiger partial charge in [-0.05, 0) is 56.3 Å². The van der Waals surface area contributed by atoms with Crippen LogP contribution in [0, 0.1) is 6.92 Å². The molecule has 0 aliphatic carbocycles. The van der Waals surface area contributed by atoms with E-state index in [2.05, 4.69) is 36.1 Å². The summed E-state index contributed by atoms with van der Waals surface area (Å²) in [5, 5.41) is 0. The molecule has 162 valence electrons. The Bertz CT molecular complexity index is 981. The maximum Gasteiger partial charge on any atom is 0.236 e. The lowest BCUT2D eigenvalue weighted by Crippen LogP contribution is -2.51. The average molecular weight is 430 g/mol. The molecule has 0 spiro atoms. The van der Waals surface area contributed by atoms with Crippen LogP contribution in [0.2, 0.25) is 0 Å². The van der Waals surface area contributed by atoms with Crippen molar-refractivity contribution in [1.82, 2.24) is 9.80 Å². The number of carbonyl (C=O) groups excluding carboxylic acids is 1. The van der Waals surface area contributed by atoms with Crippen molar-refractivity contribution in [3.05, 3.63) is 59.7 Å². The van der Waals surface area contributed by atoms with Crippen molar-refractivity contribution in [3.63, 3.8) is 0 Å². The third kappa shape index (κ3) is 5.40. The van der Waals surface area contributed by atoms with Crippen LogP contribution in [0.5, 0.6) is 0 Å². The Morgan fingerprint density at radius 3 is 2.27 bits per heavy atom. The summed E-state index contributed by atoms with van der Waals surface area (Å²) in [6, 6.07) is 15.4. The van der Waals surface area contributed by atoms with Gasteiger partial charge in [-0.15, -0.1) is 0 Å². The number of hydrogen-bond acceptors (Lipinski definition) is 5. The van der Waals surface area contributed by atoms with E-state index < -0.39 is 9.84 Å². The first-order chi connectivity index (χ1) is 14.1. The van der Waals surface area contributed by atoms with Gasteiger partial charge >= 0.3 is 0 Å². The van der Waals surface area contributed by atoms with E-state index in [-0.39, 0.29) is 11.9 Å². The van der Waals surface area contributed by atoms with Gasteiger partial charge in [0.15, 0.2) is 9.84 Å². The van der Waals surface area contributed by atoms with Crippen molar-refractivity contribution in [3.8, 4) is 0 Å². The fraction of sp³-hybridized carbons (Fsp3) is 0.435. The van der Waals surface area contributed by atoms with Gasteiger partial charge in [0, 0.05) is 44.2 Å². The second-order valence-corrected chi connectivity index (χ2v) is 10.2. The normalized spacial score (nSPS) is 16.0. The summed E-state index contributed by atoms with van der Waals surface area (Å²) < 4.78 is 23.3. The first-order valence-electron chi connectivity index (χ1n) is 10.2. The standard InChI is InChI=1S/C23H31N3O3S/c1-18-6-5-7-21(16-18)25-12-14-26(15-13-25)23(27)17-24(3)19(2)20-8-10-22(11-9-20)30(4,28)29/h5-11,16,19H,12-15,17H2,1-4H3. The van der Waals surface area contributed by atoms with E-state index in [9.17, 15) is 13.2 Å². The SMILES string of the molecule is Cc1cccc(N2CCN(C(=O)CN(C)C(C)c3ccc(S(C)(=O)=O)cc3)CC2)c1. The molecule has 0 N–H and O–H groups in total. The Morgan fingerprint density at radius 1 is 1.07 bits per heavy atom. The van der Waals surface area contributed by atoms with Crippen molar-refractivity contribution in [2.24, 2.45) is 0 Å². The molecule has 0 bridgehead atoms. The number of rotatable bonds is 6. The Hall–Kier alpha value is -2.38. The molecule has 1 amide bonds. The minimum absolute atomic E-state index is 0.0103. The van der Waals surface area contributed by atoms with Crippen LogP contribution in [-0.4, -0.2) is 70.2 Å². The first-order valence-corrected chi connectivity index (χ1v) is 12.1. The number of sulfone groups is 1. The highest BCUT2D eigenvalue weighted by Crippen LogP contribution is 2.22. The van der Waals surface area contributed by atoms with E-state index in [0.29, 0.717) is 11.4 Å². The molecule has 1 saturated heterocycles. The molecule has 1 fully saturated rings. The monoisotopic (exact) mass is 429 g/mol. The predicted molar refractivity (Wildman–Crippen MR) is 121 cm³/mol. The van der Waals surface area contributed by atoms with Gasteiger partial charge in [0.05, 0.1) is 11.4 Å². The van der Waals surface area contributed by atoms with Crippen LogP contribution in [0.1, 0.15) is 24.1 Å². The molecule has 1 heterocycles. The molecule has 0 saturated carbocycles. The van der Waals surface area contributed by atoms with E-state index in [1.165, 1.54) is 17.5 Å². The molecular weight excluding hydrogens is 398 g/mol. The van der Waals surface area contributed by atoms with Crippen LogP contribution >= 0.6 is 0 Å². The highest BCUT2D eigenvalue weighted by atomic mass is 32.2. The average Bonchev–Trinajstić information content (AvgIpc) is 2.72. The van der Waals surface area contributed by atoms with Gasteiger partial charge < -0.3 is 9.80 Å². The highest BCUT2D eigenvalue weighted by Gasteiger charge is 2.24. The molecule has 6 nitrogen and oxygen atoms in total. The Kier molecular flexibility index (Phi) is 6.83. The lowest BCUT2D eigenvalue weighted by atomic mass is 10.1. The summed E-state index contributed by atoms with van der Waals surface area (Å²) in [5.41, 5.74) is 3.44. The van der Waals surface area contributed by atoms with E-state index in [1.807, 2.05) is 35.9 Å². The highest BCUT2D eigenvalue weighted by molar-refractivity contribution is 7.90. The van der Waals surface area contributed by atoms with Crippen molar-refractivity contribution in [2.45, 2.75) is 24.8 Å². The Balaban J connectivity index is 1.54. The van der Waals surface area contributed by atoms with Crippen molar-refractivity contribution in [2.75, 3.05) is 50.9 Å². The lowest BCUT2D eigenvalue weighted by Gasteiger charge is -2.37. The first kappa shape index (κ1) is 22.3. The molecule has 0 radical (unpaired) electrons. The van der Waals surface area contributed by atoms with E-state index >= 15 is 0 Å². The fourth-order valence-electron chi connectivity index (χ4n) is 3.74. The number of piperazine rings is 1. The Morgan fingerprint density at radius 2 is 1.70 bits per heavy atom. The summed E-state index contributed by atoms with van der Waals surface area (Å²) >= 11 is 0. The summed E-state index contributed by atoms with van der Waals surface area (Å²) in [7, 11) is -1.28. The van der Waals surface area contributed by atoms with Gasteiger partial charge in [-0.25, -0.2) is 8.42 Å². The maximum absolute atomic E-state index is 12.8. The van der Waals surface area contributed by atoms with Gasteiger partial charge in [0.2, 0.25) is 5.91 Å². The fourth-order valence-corrected chi connectivity index (χ4v) is 4.37. The van der Waals surface area contributed by atoms with Gasteiger partial charge in [-0.2, -0.15) is 0 Å². The number of hydrogen-bond donors (Lipinski definition) is 0. The maximum atomic E-state index is 12.8. The van der Waals surface area contributed by atoms with Crippen LogP contribution < -0.4 is 4.90 Å². The summed E-state index contributed by atoms with van der Waals surface area (Å²) in [6.45, 7) is 7.56. The van der Waals surface area contributed by atoms with Gasteiger partial charge in [0.1, 0.15) is 0 Å². The van der Waals surface area contributed by atoms with Crippen molar-refractivity contribution >= 4 is 21.4 Å². The van der Waals surface area contributed by atoms with Gasteiger partial charge in [0.25, 0.3) is 0 Å². The molecule has 30 heavy (non-hydrogen) atoms. The number of anilines is 1. The number of likely N-dealkylation sites (N-methyl/N-ethyl adjacent to an activating group) is 1. The summed E-state index contributed by atoms with van der Waals surface area (Å²) in [6.07, 6.45) is 1.20. The molecular formula is C23H31N3O3S. The van der Waals surface area contributed by atoms with Crippen LogP contribution in [0.15, 0.2) is 53.4 Å². The number of benzene rings is 2. The number of aryl methyl sites for hydroxylation is 1. The lowest BCUT2D eigenvalue weighted by molar-refractivity contribution is -0.132. The van der Waals surface area contributed by atoms with Crippen LogP contribution in [0.3, 0.4) is 0 Å². The molecule has 0 aromatic heterocycles. The van der Waals surface area contributed by atoms with E-state index in [4.69, 9.17) is 0 Å². The minimum Gasteiger partial charge on any atom is -0.368 e. The molecule has 1 aliphatic heterocycles. The largest absolute Gasteiger partial charge is 0.368 e. The zero-order chi connectivity index (χ0) is 21.9. The number of carbonyl (C=O) groups is 1. The summed E-state index contributed by atoms with van der Waals surface area (Å²) in [4.78, 5) is 19.4. The Labute approximate surface area is 180 Å². The van der Waals surface area contributed by atoms with Crippen LogP contribution in [0.4, 0.5) is 5.69 Å². The molecule has 2 aromatic carbocycles. The molecule has 1 unspecified atom stereocenters. The van der Waals surface area contributed by atoms with Crippen LogP contribution in [0.25, 0.3) is 0 Å². The third-order valence-corrected chi connectivity index (χ3v) is 6.96. The van der Waals surface area contributed by atoms with E-state index in [0.717, 1.165) is 31.7 Å². The second kappa shape index (κ2) is 9.18. The molecule has 3 rings (SSSR count). The van der Waals surface area contributed by atoms with Gasteiger partial charge in [-0.1, -0.05) is 24.3 Å². The zero-order valence-corrected chi connectivity index (χ0v) is 19.0. The molecule has 1 atom stereocenters.